The highest BCUT2D eigenvalue weighted by atomic mass is 35.5. The van der Waals surface area contributed by atoms with Crippen LogP contribution in [0.2, 0.25) is 0 Å². The van der Waals surface area contributed by atoms with E-state index in [2.05, 4.69) is 10.3 Å². The number of benzene rings is 2. The minimum absolute atomic E-state index is 0.0777. The highest BCUT2D eigenvalue weighted by Crippen LogP contribution is 2.27. The molecule has 5 heteroatoms. The molecule has 0 atom stereocenters. The average Bonchev–Trinajstić information content (AvgIpc) is 2.90. The van der Waals surface area contributed by atoms with E-state index < -0.39 is 0 Å². The standard InChI is InChI=1S/C17H15ClN2O2/c1-10-6-14-15(7-11(10)2)22-17(20-14)12-4-3-5-13(8-12)19-16(21)9-18/h3-8H,9H2,1-2H3,(H,19,21). The zero-order chi connectivity index (χ0) is 15.7. The molecule has 0 aliphatic rings. The van der Waals surface area contributed by atoms with Crippen LogP contribution in [0.4, 0.5) is 5.69 Å². The molecule has 0 radical (unpaired) electrons. The summed E-state index contributed by atoms with van der Waals surface area (Å²) in [5, 5.41) is 2.71. The van der Waals surface area contributed by atoms with Crippen LogP contribution in [0.1, 0.15) is 11.1 Å². The fourth-order valence-electron chi connectivity index (χ4n) is 2.23. The number of oxazole rings is 1. The molecule has 0 saturated heterocycles. The van der Waals surface area contributed by atoms with Gasteiger partial charge in [-0.25, -0.2) is 4.98 Å². The van der Waals surface area contributed by atoms with Crippen molar-refractivity contribution in [2.24, 2.45) is 0 Å². The number of amides is 1. The van der Waals surface area contributed by atoms with Crippen LogP contribution in [0.5, 0.6) is 0 Å². The Morgan fingerprint density at radius 3 is 2.77 bits per heavy atom. The predicted octanol–water partition coefficient (Wildman–Crippen LogP) is 4.29. The van der Waals surface area contributed by atoms with E-state index >= 15 is 0 Å². The number of carbonyl (C=O) groups excluding carboxylic acids is 1. The minimum Gasteiger partial charge on any atom is -0.436 e. The molecule has 0 unspecified atom stereocenters. The molecule has 1 aromatic heterocycles. The summed E-state index contributed by atoms with van der Waals surface area (Å²) in [7, 11) is 0. The Balaban J connectivity index is 2.00. The van der Waals surface area contributed by atoms with Crippen LogP contribution in [0.25, 0.3) is 22.6 Å². The largest absolute Gasteiger partial charge is 0.436 e. The first-order valence-electron chi connectivity index (χ1n) is 6.91. The summed E-state index contributed by atoms with van der Waals surface area (Å²) >= 11 is 5.50. The molecular weight excluding hydrogens is 300 g/mol. The summed E-state index contributed by atoms with van der Waals surface area (Å²) in [5.74, 6) is 0.204. The molecule has 112 valence electrons. The lowest BCUT2D eigenvalue weighted by atomic mass is 10.1. The fraction of sp³-hybridized carbons (Fsp3) is 0.176. The van der Waals surface area contributed by atoms with E-state index in [-0.39, 0.29) is 11.8 Å². The number of alkyl halides is 1. The van der Waals surface area contributed by atoms with Crippen molar-refractivity contribution in [1.29, 1.82) is 0 Å². The van der Waals surface area contributed by atoms with Crippen molar-refractivity contribution in [1.82, 2.24) is 4.98 Å². The van der Waals surface area contributed by atoms with Gasteiger partial charge in [0, 0.05) is 11.3 Å². The molecule has 1 heterocycles. The molecular formula is C17H15ClN2O2. The zero-order valence-electron chi connectivity index (χ0n) is 12.3. The van der Waals surface area contributed by atoms with Gasteiger partial charge in [-0.3, -0.25) is 4.79 Å². The Morgan fingerprint density at radius 1 is 1.23 bits per heavy atom. The van der Waals surface area contributed by atoms with Crippen molar-refractivity contribution in [2.75, 3.05) is 11.2 Å². The predicted molar refractivity (Wildman–Crippen MR) is 88.3 cm³/mol. The zero-order valence-corrected chi connectivity index (χ0v) is 13.1. The molecule has 4 nitrogen and oxygen atoms in total. The third-order valence-corrected chi connectivity index (χ3v) is 3.76. The SMILES string of the molecule is Cc1cc2nc(-c3cccc(NC(=O)CCl)c3)oc2cc1C. The van der Waals surface area contributed by atoms with Crippen LogP contribution in [-0.4, -0.2) is 16.8 Å². The van der Waals surface area contributed by atoms with E-state index in [1.807, 2.05) is 44.2 Å². The number of nitrogens with one attached hydrogen (secondary N) is 1. The number of fused-ring (bicyclic) bond motifs is 1. The van der Waals surface area contributed by atoms with Crippen molar-refractivity contribution in [3.8, 4) is 11.5 Å². The second-order valence-corrected chi connectivity index (χ2v) is 5.45. The Labute approximate surface area is 133 Å². The van der Waals surface area contributed by atoms with E-state index in [0.717, 1.165) is 16.7 Å². The van der Waals surface area contributed by atoms with Crippen molar-refractivity contribution in [3.63, 3.8) is 0 Å². The summed E-state index contributed by atoms with van der Waals surface area (Å²) < 4.78 is 5.83. The summed E-state index contributed by atoms with van der Waals surface area (Å²) in [6.07, 6.45) is 0. The second-order valence-electron chi connectivity index (χ2n) is 5.19. The van der Waals surface area contributed by atoms with Gasteiger partial charge in [-0.2, -0.15) is 0 Å². The number of anilines is 1. The fourth-order valence-corrected chi connectivity index (χ4v) is 2.29. The maximum Gasteiger partial charge on any atom is 0.239 e. The van der Waals surface area contributed by atoms with E-state index in [4.69, 9.17) is 16.0 Å². The van der Waals surface area contributed by atoms with Crippen LogP contribution in [-0.2, 0) is 4.79 Å². The molecule has 0 fully saturated rings. The third kappa shape index (κ3) is 2.83. The number of hydrogen-bond acceptors (Lipinski definition) is 3. The first kappa shape index (κ1) is 14.6. The number of hydrogen-bond donors (Lipinski definition) is 1. The number of aromatic nitrogens is 1. The van der Waals surface area contributed by atoms with Gasteiger partial charge in [0.05, 0.1) is 0 Å². The maximum atomic E-state index is 11.4. The van der Waals surface area contributed by atoms with Gasteiger partial charge in [-0.1, -0.05) is 6.07 Å². The van der Waals surface area contributed by atoms with Gasteiger partial charge >= 0.3 is 0 Å². The topological polar surface area (TPSA) is 55.1 Å². The number of halogens is 1. The molecule has 0 aliphatic carbocycles. The first-order chi connectivity index (χ1) is 10.6. The normalized spacial score (nSPS) is 10.9. The van der Waals surface area contributed by atoms with Crippen molar-refractivity contribution in [3.05, 3.63) is 47.5 Å². The van der Waals surface area contributed by atoms with Crippen LogP contribution < -0.4 is 5.32 Å². The third-order valence-electron chi connectivity index (χ3n) is 3.52. The molecule has 0 aliphatic heterocycles. The Bertz CT molecular complexity index is 816. The molecule has 1 amide bonds. The van der Waals surface area contributed by atoms with Crippen molar-refractivity contribution >= 4 is 34.3 Å². The van der Waals surface area contributed by atoms with Crippen LogP contribution in [0.3, 0.4) is 0 Å². The molecule has 22 heavy (non-hydrogen) atoms. The Morgan fingerprint density at radius 2 is 2.00 bits per heavy atom. The molecule has 1 N–H and O–H groups in total. The van der Waals surface area contributed by atoms with Gasteiger partial charge in [0.15, 0.2) is 5.58 Å². The van der Waals surface area contributed by atoms with E-state index in [0.29, 0.717) is 11.6 Å². The van der Waals surface area contributed by atoms with E-state index in [1.54, 1.807) is 6.07 Å². The average molecular weight is 315 g/mol. The van der Waals surface area contributed by atoms with Gasteiger partial charge in [0.2, 0.25) is 11.8 Å². The Hall–Kier alpha value is -2.33. The number of nitrogens with zero attached hydrogens (tertiary/aromatic N) is 1. The van der Waals surface area contributed by atoms with Gasteiger partial charge < -0.3 is 9.73 Å². The van der Waals surface area contributed by atoms with E-state index in [9.17, 15) is 4.79 Å². The van der Waals surface area contributed by atoms with Gasteiger partial charge in [0.25, 0.3) is 0 Å². The molecule has 3 aromatic rings. The number of aryl methyl sites for hydroxylation is 2. The van der Waals surface area contributed by atoms with Crippen LogP contribution >= 0.6 is 11.6 Å². The monoisotopic (exact) mass is 314 g/mol. The van der Waals surface area contributed by atoms with Crippen molar-refractivity contribution < 1.29 is 9.21 Å². The van der Waals surface area contributed by atoms with Crippen LogP contribution in [0.15, 0.2) is 40.8 Å². The molecule has 2 aromatic carbocycles. The van der Waals surface area contributed by atoms with Crippen molar-refractivity contribution in [2.45, 2.75) is 13.8 Å². The lowest BCUT2D eigenvalue weighted by Gasteiger charge is -2.03. The number of carbonyl (C=O) groups is 1. The summed E-state index contributed by atoms with van der Waals surface area (Å²) in [4.78, 5) is 15.9. The van der Waals surface area contributed by atoms with Gasteiger partial charge in [0.1, 0.15) is 11.4 Å². The highest BCUT2D eigenvalue weighted by molar-refractivity contribution is 6.29. The molecule has 0 bridgehead atoms. The summed E-state index contributed by atoms with van der Waals surface area (Å²) in [6, 6.07) is 11.3. The highest BCUT2D eigenvalue weighted by Gasteiger charge is 2.10. The quantitative estimate of drug-likeness (QED) is 0.734. The van der Waals surface area contributed by atoms with E-state index in [1.165, 1.54) is 11.1 Å². The second kappa shape index (κ2) is 5.81. The molecule has 3 rings (SSSR count). The first-order valence-corrected chi connectivity index (χ1v) is 7.44. The minimum atomic E-state index is -0.248. The summed E-state index contributed by atoms with van der Waals surface area (Å²) in [5.41, 5.74) is 5.40. The lowest BCUT2D eigenvalue weighted by molar-refractivity contribution is -0.113. The van der Waals surface area contributed by atoms with Crippen LogP contribution in [0, 0.1) is 13.8 Å². The lowest BCUT2D eigenvalue weighted by Crippen LogP contribution is -2.12. The molecule has 0 saturated carbocycles. The van der Waals surface area contributed by atoms with Gasteiger partial charge in [-0.05, 0) is 55.3 Å². The maximum absolute atomic E-state index is 11.4. The number of rotatable bonds is 3. The molecule has 0 spiro atoms. The van der Waals surface area contributed by atoms with Gasteiger partial charge in [-0.15, -0.1) is 11.6 Å². The smallest absolute Gasteiger partial charge is 0.239 e. The summed E-state index contributed by atoms with van der Waals surface area (Å²) in [6.45, 7) is 4.09. The Kier molecular flexibility index (Phi) is 3.86.